The zero-order valence-corrected chi connectivity index (χ0v) is 14.0. The van der Waals surface area contributed by atoms with Gasteiger partial charge in [-0.25, -0.2) is 4.79 Å². The third-order valence-electron chi connectivity index (χ3n) is 3.77. The molecule has 0 aliphatic carbocycles. The van der Waals surface area contributed by atoms with Gasteiger partial charge in [0.15, 0.2) is 0 Å². The van der Waals surface area contributed by atoms with Crippen LogP contribution in [-0.4, -0.2) is 52.1 Å². The minimum atomic E-state index is -0.837. The Hall–Kier alpha value is -0.910. The number of carbonyl (C=O) groups is 2. The molecule has 1 heterocycles. The standard InChI is InChI=1S/C15H28N2O3S/c1-3-5-7-12(6-4-2)16-15(20)17-8-9-21-11-13(17)10-14(18)19/h12-13H,3-11H2,1-2H3,(H,16,20)(H,18,19). The van der Waals surface area contributed by atoms with Crippen LogP contribution in [0.1, 0.15) is 52.4 Å². The number of carboxylic acid groups (broad SMARTS) is 1. The predicted molar refractivity (Wildman–Crippen MR) is 86.8 cm³/mol. The maximum atomic E-state index is 12.5. The van der Waals surface area contributed by atoms with E-state index in [1.807, 2.05) is 0 Å². The summed E-state index contributed by atoms with van der Waals surface area (Å²) in [5.74, 6) is 0.765. The number of hydrogen-bond donors (Lipinski definition) is 2. The highest BCUT2D eigenvalue weighted by atomic mass is 32.2. The molecule has 0 saturated carbocycles. The number of aliphatic carboxylic acids is 1. The van der Waals surface area contributed by atoms with E-state index in [9.17, 15) is 9.59 Å². The molecule has 1 aliphatic rings. The van der Waals surface area contributed by atoms with Crippen molar-refractivity contribution in [3.05, 3.63) is 0 Å². The average Bonchev–Trinajstić information content (AvgIpc) is 2.44. The minimum Gasteiger partial charge on any atom is -0.481 e. The molecule has 2 N–H and O–H groups in total. The number of carbonyl (C=O) groups excluding carboxylic acids is 1. The summed E-state index contributed by atoms with van der Waals surface area (Å²) in [4.78, 5) is 25.1. The number of unbranched alkanes of at least 4 members (excludes halogenated alkanes) is 1. The highest BCUT2D eigenvalue weighted by Gasteiger charge is 2.29. The second-order valence-corrected chi connectivity index (χ2v) is 6.75. The van der Waals surface area contributed by atoms with E-state index in [4.69, 9.17) is 5.11 Å². The molecule has 0 aromatic heterocycles. The molecular weight excluding hydrogens is 288 g/mol. The Balaban J connectivity index is 2.58. The summed E-state index contributed by atoms with van der Waals surface area (Å²) < 4.78 is 0. The first kappa shape index (κ1) is 18.1. The second kappa shape index (κ2) is 9.92. The lowest BCUT2D eigenvalue weighted by Crippen LogP contribution is -2.53. The van der Waals surface area contributed by atoms with Crippen molar-refractivity contribution >= 4 is 23.8 Å². The Morgan fingerprint density at radius 1 is 1.33 bits per heavy atom. The van der Waals surface area contributed by atoms with Crippen LogP contribution in [0.3, 0.4) is 0 Å². The molecule has 2 atom stereocenters. The van der Waals surface area contributed by atoms with E-state index in [0.717, 1.165) is 37.9 Å². The van der Waals surface area contributed by atoms with Crippen LogP contribution in [0.15, 0.2) is 0 Å². The zero-order chi connectivity index (χ0) is 15.7. The van der Waals surface area contributed by atoms with Gasteiger partial charge in [0.05, 0.1) is 12.5 Å². The van der Waals surface area contributed by atoms with E-state index in [-0.39, 0.29) is 24.5 Å². The molecule has 122 valence electrons. The smallest absolute Gasteiger partial charge is 0.317 e. The zero-order valence-electron chi connectivity index (χ0n) is 13.1. The number of rotatable bonds is 8. The lowest BCUT2D eigenvalue weighted by Gasteiger charge is -2.35. The monoisotopic (exact) mass is 316 g/mol. The van der Waals surface area contributed by atoms with E-state index in [0.29, 0.717) is 12.3 Å². The molecule has 0 spiro atoms. The molecule has 1 rings (SSSR count). The molecule has 0 aromatic carbocycles. The third kappa shape index (κ3) is 6.59. The van der Waals surface area contributed by atoms with Crippen molar-refractivity contribution < 1.29 is 14.7 Å². The van der Waals surface area contributed by atoms with Crippen LogP contribution in [0, 0.1) is 0 Å². The lowest BCUT2D eigenvalue weighted by molar-refractivity contribution is -0.138. The Labute approximate surface area is 131 Å². The van der Waals surface area contributed by atoms with E-state index in [2.05, 4.69) is 19.2 Å². The number of amides is 2. The number of nitrogens with one attached hydrogen (secondary N) is 1. The minimum absolute atomic E-state index is 0.0355. The Morgan fingerprint density at radius 2 is 2.10 bits per heavy atom. The molecule has 0 aromatic rings. The fraction of sp³-hybridized carbons (Fsp3) is 0.867. The summed E-state index contributed by atoms with van der Waals surface area (Å²) in [6, 6.07) is -0.0617. The van der Waals surface area contributed by atoms with E-state index >= 15 is 0 Å². The number of nitrogens with zero attached hydrogens (tertiary/aromatic N) is 1. The molecule has 5 nitrogen and oxygen atoms in total. The molecule has 0 radical (unpaired) electrons. The van der Waals surface area contributed by atoms with Gasteiger partial charge in [0.2, 0.25) is 0 Å². The van der Waals surface area contributed by atoms with Gasteiger partial charge in [0.25, 0.3) is 0 Å². The first-order valence-corrected chi connectivity index (χ1v) is 9.10. The van der Waals surface area contributed by atoms with Crippen molar-refractivity contribution in [3.8, 4) is 0 Å². The van der Waals surface area contributed by atoms with Gasteiger partial charge in [-0.2, -0.15) is 11.8 Å². The van der Waals surface area contributed by atoms with Gasteiger partial charge >= 0.3 is 12.0 Å². The van der Waals surface area contributed by atoms with Crippen molar-refractivity contribution in [3.63, 3.8) is 0 Å². The number of thioether (sulfide) groups is 1. The molecule has 0 bridgehead atoms. The number of urea groups is 1. The van der Waals surface area contributed by atoms with Crippen LogP contribution in [0.4, 0.5) is 4.79 Å². The summed E-state index contributed by atoms with van der Waals surface area (Å²) in [5, 5.41) is 12.1. The quantitative estimate of drug-likeness (QED) is 0.722. The summed E-state index contributed by atoms with van der Waals surface area (Å²) >= 11 is 1.72. The van der Waals surface area contributed by atoms with Gasteiger partial charge in [-0.15, -0.1) is 0 Å². The molecule has 2 amide bonds. The van der Waals surface area contributed by atoms with Gasteiger partial charge in [0.1, 0.15) is 0 Å². The van der Waals surface area contributed by atoms with Crippen molar-refractivity contribution in [2.75, 3.05) is 18.1 Å². The third-order valence-corrected chi connectivity index (χ3v) is 4.86. The van der Waals surface area contributed by atoms with Crippen molar-refractivity contribution in [2.45, 2.75) is 64.5 Å². The average molecular weight is 316 g/mol. The maximum absolute atomic E-state index is 12.5. The molecule has 1 aliphatic heterocycles. The fourth-order valence-corrected chi connectivity index (χ4v) is 3.70. The van der Waals surface area contributed by atoms with Crippen LogP contribution in [0.25, 0.3) is 0 Å². The van der Waals surface area contributed by atoms with Gasteiger partial charge in [-0.1, -0.05) is 33.1 Å². The van der Waals surface area contributed by atoms with Crippen LogP contribution >= 0.6 is 11.8 Å². The van der Waals surface area contributed by atoms with Gasteiger partial charge in [-0.05, 0) is 12.8 Å². The lowest BCUT2D eigenvalue weighted by atomic mass is 10.1. The predicted octanol–water partition coefficient (Wildman–Crippen LogP) is 2.95. The summed E-state index contributed by atoms with van der Waals surface area (Å²) in [6.45, 7) is 4.91. The molecule has 21 heavy (non-hydrogen) atoms. The summed E-state index contributed by atoms with van der Waals surface area (Å²) in [6.07, 6.45) is 5.30. The number of carboxylic acids is 1. The van der Waals surface area contributed by atoms with E-state index < -0.39 is 5.97 Å². The van der Waals surface area contributed by atoms with Crippen LogP contribution < -0.4 is 5.32 Å². The molecule has 1 saturated heterocycles. The Morgan fingerprint density at radius 3 is 2.71 bits per heavy atom. The maximum Gasteiger partial charge on any atom is 0.317 e. The SMILES string of the molecule is CCCCC(CCC)NC(=O)N1CCSCC1CC(=O)O. The highest BCUT2D eigenvalue weighted by Crippen LogP contribution is 2.19. The molecule has 1 fully saturated rings. The molecular formula is C15H28N2O3S. The molecule has 2 unspecified atom stereocenters. The topological polar surface area (TPSA) is 69.6 Å². The summed E-state index contributed by atoms with van der Waals surface area (Å²) in [7, 11) is 0. The van der Waals surface area contributed by atoms with E-state index in [1.165, 1.54) is 0 Å². The normalized spacial score (nSPS) is 20.1. The highest BCUT2D eigenvalue weighted by molar-refractivity contribution is 7.99. The second-order valence-electron chi connectivity index (χ2n) is 5.60. The Bertz CT molecular complexity index is 339. The van der Waals surface area contributed by atoms with Crippen LogP contribution in [0.2, 0.25) is 0 Å². The largest absolute Gasteiger partial charge is 0.481 e. The van der Waals surface area contributed by atoms with Gasteiger partial charge < -0.3 is 15.3 Å². The van der Waals surface area contributed by atoms with Crippen LogP contribution in [-0.2, 0) is 4.79 Å². The van der Waals surface area contributed by atoms with Gasteiger partial charge in [0, 0.05) is 24.1 Å². The van der Waals surface area contributed by atoms with Crippen molar-refractivity contribution in [2.24, 2.45) is 0 Å². The van der Waals surface area contributed by atoms with Crippen molar-refractivity contribution in [1.29, 1.82) is 0 Å². The summed E-state index contributed by atoms with van der Waals surface area (Å²) in [5.41, 5.74) is 0. The first-order valence-electron chi connectivity index (χ1n) is 7.95. The van der Waals surface area contributed by atoms with Gasteiger partial charge in [-0.3, -0.25) is 4.79 Å². The Kier molecular flexibility index (Phi) is 8.57. The molecule has 6 heteroatoms. The fourth-order valence-electron chi connectivity index (χ4n) is 2.64. The number of hydrogen-bond acceptors (Lipinski definition) is 3. The van der Waals surface area contributed by atoms with E-state index in [1.54, 1.807) is 16.7 Å². The van der Waals surface area contributed by atoms with Crippen LogP contribution in [0.5, 0.6) is 0 Å². The van der Waals surface area contributed by atoms with Crippen molar-refractivity contribution in [1.82, 2.24) is 10.2 Å². The first-order chi connectivity index (χ1) is 10.1.